The van der Waals surface area contributed by atoms with Crippen LogP contribution in [0.5, 0.6) is 0 Å². The predicted octanol–water partition coefficient (Wildman–Crippen LogP) is -0.943. The Labute approximate surface area is 91.3 Å². The maximum absolute atomic E-state index is 9.52. The van der Waals surface area contributed by atoms with E-state index in [0.29, 0.717) is 19.6 Å². The third kappa shape index (κ3) is 8.77. The monoisotopic (exact) mass is 221 g/mol. The molecule has 0 aliphatic heterocycles. The number of nitrogens with zero attached hydrogens (tertiary/aromatic N) is 1. The highest BCUT2D eigenvalue weighted by molar-refractivity contribution is 4.68. The summed E-state index contributed by atoms with van der Waals surface area (Å²) < 4.78 is 4.81. The topological polar surface area (TPSA) is 73.2 Å². The van der Waals surface area contributed by atoms with Gasteiger partial charge >= 0.3 is 0 Å². The average Bonchev–Trinajstić information content (AvgIpc) is 2.00. The minimum Gasteiger partial charge on any atom is -0.392 e. The zero-order valence-electron chi connectivity index (χ0n) is 9.76. The molecule has 0 aromatic rings. The first-order valence-corrected chi connectivity index (χ1v) is 5.21. The van der Waals surface area contributed by atoms with Crippen LogP contribution in [0.3, 0.4) is 0 Å². The Morgan fingerprint density at radius 3 is 1.80 bits per heavy atom. The van der Waals surface area contributed by atoms with Gasteiger partial charge in [0.1, 0.15) is 0 Å². The molecule has 0 aromatic heterocycles. The lowest BCUT2D eigenvalue weighted by molar-refractivity contribution is 0.0136. The lowest BCUT2D eigenvalue weighted by Crippen LogP contribution is -2.42. The van der Waals surface area contributed by atoms with E-state index in [1.165, 1.54) is 7.11 Å². The highest BCUT2D eigenvalue weighted by atomic mass is 16.5. The Balaban J connectivity index is 3.99. The summed E-state index contributed by atoms with van der Waals surface area (Å²) in [6.45, 7) is 4.88. The molecular weight excluding hydrogens is 198 g/mol. The minimum absolute atomic E-state index is 0.260. The molecule has 92 valence electrons. The van der Waals surface area contributed by atoms with E-state index in [2.05, 4.69) is 0 Å². The minimum atomic E-state index is -0.590. The van der Waals surface area contributed by atoms with Crippen LogP contribution >= 0.6 is 0 Å². The standard InChI is InChI=1S/C10H23NO4/c1-8(12)4-11(5-9(2)13)6-10(14)7-15-3/h8-10,12-14H,4-7H2,1-3H3. The third-order valence-electron chi connectivity index (χ3n) is 1.87. The van der Waals surface area contributed by atoms with E-state index >= 15 is 0 Å². The zero-order chi connectivity index (χ0) is 11.8. The number of hydrogen-bond acceptors (Lipinski definition) is 5. The van der Waals surface area contributed by atoms with E-state index in [1.54, 1.807) is 13.8 Å². The van der Waals surface area contributed by atoms with Crippen molar-refractivity contribution in [1.29, 1.82) is 0 Å². The van der Waals surface area contributed by atoms with Crippen LogP contribution in [0.25, 0.3) is 0 Å². The first-order valence-electron chi connectivity index (χ1n) is 5.21. The fraction of sp³-hybridized carbons (Fsp3) is 1.00. The second kappa shape index (κ2) is 8.01. The van der Waals surface area contributed by atoms with Crippen LogP contribution in [0.2, 0.25) is 0 Å². The van der Waals surface area contributed by atoms with Gasteiger partial charge in [0, 0.05) is 26.7 Å². The fourth-order valence-corrected chi connectivity index (χ4v) is 1.51. The smallest absolute Gasteiger partial charge is 0.0900 e. The molecule has 0 radical (unpaired) electrons. The summed E-state index contributed by atoms with van der Waals surface area (Å²) in [7, 11) is 1.52. The summed E-state index contributed by atoms with van der Waals surface area (Å²) >= 11 is 0. The highest BCUT2D eigenvalue weighted by Crippen LogP contribution is 1.98. The fourth-order valence-electron chi connectivity index (χ4n) is 1.51. The van der Waals surface area contributed by atoms with Gasteiger partial charge in [-0.2, -0.15) is 0 Å². The Hall–Kier alpha value is -0.200. The van der Waals surface area contributed by atoms with Gasteiger partial charge in [-0.15, -0.1) is 0 Å². The normalized spacial score (nSPS) is 17.8. The Morgan fingerprint density at radius 2 is 1.47 bits per heavy atom. The van der Waals surface area contributed by atoms with Crippen LogP contribution in [0.15, 0.2) is 0 Å². The van der Waals surface area contributed by atoms with Crippen molar-refractivity contribution in [2.24, 2.45) is 0 Å². The lowest BCUT2D eigenvalue weighted by Gasteiger charge is -2.26. The van der Waals surface area contributed by atoms with Crippen LogP contribution in [0, 0.1) is 0 Å². The average molecular weight is 221 g/mol. The first-order chi connectivity index (χ1) is 6.95. The van der Waals surface area contributed by atoms with Gasteiger partial charge in [-0.25, -0.2) is 0 Å². The van der Waals surface area contributed by atoms with Crippen molar-refractivity contribution >= 4 is 0 Å². The molecular formula is C10H23NO4. The number of rotatable bonds is 8. The molecule has 5 nitrogen and oxygen atoms in total. The molecule has 15 heavy (non-hydrogen) atoms. The molecule has 0 fully saturated rings. The number of methoxy groups -OCH3 is 1. The van der Waals surface area contributed by atoms with Gasteiger partial charge in [0.2, 0.25) is 0 Å². The van der Waals surface area contributed by atoms with Gasteiger partial charge < -0.3 is 20.1 Å². The molecule has 0 bridgehead atoms. The Kier molecular flexibility index (Phi) is 7.90. The summed E-state index contributed by atoms with van der Waals surface area (Å²) in [6.07, 6.45) is -1.54. The predicted molar refractivity (Wildman–Crippen MR) is 57.7 cm³/mol. The maximum atomic E-state index is 9.52. The van der Waals surface area contributed by atoms with Gasteiger partial charge in [0.25, 0.3) is 0 Å². The molecule has 0 aromatic carbocycles. The van der Waals surface area contributed by atoms with E-state index in [-0.39, 0.29) is 6.61 Å². The molecule has 0 saturated carbocycles. The quantitative estimate of drug-likeness (QED) is 0.493. The summed E-state index contributed by atoms with van der Waals surface area (Å²) in [6, 6.07) is 0. The number of aliphatic hydroxyl groups is 3. The largest absolute Gasteiger partial charge is 0.392 e. The zero-order valence-corrected chi connectivity index (χ0v) is 9.76. The molecule has 0 rings (SSSR count). The summed E-state index contributed by atoms with van der Waals surface area (Å²) in [4.78, 5) is 1.82. The maximum Gasteiger partial charge on any atom is 0.0900 e. The van der Waals surface area contributed by atoms with E-state index < -0.39 is 18.3 Å². The molecule has 3 atom stereocenters. The van der Waals surface area contributed by atoms with Crippen molar-refractivity contribution in [1.82, 2.24) is 4.90 Å². The van der Waals surface area contributed by atoms with Crippen molar-refractivity contribution in [2.45, 2.75) is 32.2 Å². The van der Waals surface area contributed by atoms with Crippen molar-refractivity contribution < 1.29 is 20.1 Å². The second-order valence-electron chi connectivity index (χ2n) is 4.03. The molecule has 5 heteroatoms. The molecule has 0 heterocycles. The molecule has 3 N–H and O–H groups in total. The van der Waals surface area contributed by atoms with Crippen LogP contribution in [-0.4, -0.2) is 71.9 Å². The van der Waals surface area contributed by atoms with E-state index in [4.69, 9.17) is 4.74 Å². The van der Waals surface area contributed by atoms with Gasteiger partial charge in [0.05, 0.1) is 24.9 Å². The van der Waals surface area contributed by atoms with Crippen molar-refractivity contribution in [3.8, 4) is 0 Å². The van der Waals surface area contributed by atoms with Crippen LogP contribution in [-0.2, 0) is 4.74 Å². The van der Waals surface area contributed by atoms with Crippen LogP contribution in [0.1, 0.15) is 13.8 Å². The van der Waals surface area contributed by atoms with Crippen LogP contribution < -0.4 is 0 Å². The molecule has 0 spiro atoms. The first kappa shape index (κ1) is 14.8. The van der Waals surface area contributed by atoms with Crippen molar-refractivity contribution in [2.75, 3.05) is 33.4 Å². The summed E-state index contributed by atoms with van der Waals surface area (Å²) in [5.41, 5.74) is 0. The summed E-state index contributed by atoms with van der Waals surface area (Å²) in [5.74, 6) is 0. The molecule has 0 saturated heterocycles. The molecule has 0 aliphatic carbocycles. The molecule has 3 unspecified atom stereocenters. The van der Waals surface area contributed by atoms with Gasteiger partial charge in [-0.05, 0) is 13.8 Å². The SMILES string of the molecule is COCC(O)CN(CC(C)O)CC(C)O. The number of aliphatic hydroxyl groups excluding tert-OH is 3. The Bertz CT molecular complexity index is 142. The molecule has 0 aliphatic rings. The van der Waals surface area contributed by atoms with Gasteiger partial charge in [-0.1, -0.05) is 0 Å². The lowest BCUT2D eigenvalue weighted by atomic mass is 10.2. The highest BCUT2D eigenvalue weighted by Gasteiger charge is 2.15. The van der Waals surface area contributed by atoms with Crippen LogP contribution in [0.4, 0.5) is 0 Å². The second-order valence-corrected chi connectivity index (χ2v) is 4.03. The van der Waals surface area contributed by atoms with Crippen molar-refractivity contribution in [3.63, 3.8) is 0 Å². The van der Waals surface area contributed by atoms with Gasteiger partial charge in [-0.3, -0.25) is 4.90 Å². The van der Waals surface area contributed by atoms with E-state index in [9.17, 15) is 15.3 Å². The summed E-state index contributed by atoms with van der Waals surface area (Å²) in [5, 5.41) is 28.0. The number of hydrogen-bond donors (Lipinski definition) is 3. The molecule has 0 amide bonds. The van der Waals surface area contributed by atoms with Gasteiger partial charge in [0.15, 0.2) is 0 Å². The third-order valence-corrected chi connectivity index (χ3v) is 1.87. The van der Waals surface area contributed by atoms with E-state index in [1.807, 2.05) is 4.90 Å². The Morgan fingerprint density at radius 1 is 1.00 bits per heavy atom. The van der Waals surface area contributed by atoms with E-state index in [0.717, 1.165) is 0 Å². The number of ether oxygens (including phenoxy) is 1. The van der Waals surface area contributed by atoms with Crippen molar-refractivity contribution in [3.05, 3.63) is 0 Å².